The molecule has 1 aliphatic carbocycles. The van der Waals surface area contributed by atoms with E-state index in [1.165, 1.54) is 21.9 Å². The van der Waals surface area contributed by atoms with Crippen LogP contribution in [0.25, 0.3) is 16.3 Å². The monoisotopic (exact) mass is 275 g/mol. The van der Waals surface area contributed by atoms with Crippen molar-refractivity contribution in [1.29, 1.82) is 0 Å². The molecule has 2 aromatic rings. The summed E-state index contributed by atoms with van der Waals surface area (Å²) in [7, 11) is 0. The van der Waals surface area contributed by atoms with Gasteiger partial charge >= 0.3 is 0 Å². The van der Waals surface area contributed by atoms with Crippen LogP contribution in [0.2, 0.25) is 0 Å². The van der Waals surface area contributed by atoms with Crippen LogP contribution in [0.4, 0.5) is 0 Å². The summed E-state index contributed by atoms with van der Waals surface area (Å²) in [6.07, 6.45) is 13.0. The Bertz CT molecular complexity index is 729. The Labute approximate surface area is 126 Å². The van der Waals surface area contributed by atoms with Gasteiger partial charge in [0, 0.05) is 11.6 Å². The van der Waals surface area contributed by atoms with Crippen molar-refractivity contribution in [1.82, 2.24) is 4.98 Å². The molecular weight excluding hydrogens is 254 g/mol. The van der Waals surface area contributed by atoms with Crippen LogP contribution in [0.15, 0.2) is 66.4 Å². The van der Waals surface area contributed by atoms with E-state index in [9.17, 15) is 0 Å². The fourth-order valence-electron chi connectivity index (χ4n) is 3.07. The van der Waals surface area contributed by atoms with Gasteiger partial charge in [-0.3, -0.25) is 4.98 Å². The molecule has 0 aliphatic heterocycles. The van der Waals surface area contributed by atoms with Crippen LogP contribution in [0.5, 0.6) is 0 Å². The highest BCUT2D eigenvalue weighted by Gasteiger charge is 2.20. The van der Waals surface area contributed by atoms with E-state index in [1.807, 2.05) is 6.20 Å². The quantitative estimate of drug-likeness (QED) is 0.669. The molecule has 1 aromatic carbocycles. The van der Waals surface area contributed by atoms with Crippen molar-refractivity contribution in [2.75, 3.05) is 0 Å². The van der Waals surface area contributed by atoms with Crippen molar-refractivity contribution in [2.45, 2.75) is 26.7 Å². The van der Waals surface area contributed by atoms with Crippen LogP contribution in [0, 0.1) is 5.92 Å². The highest BCUT2D eigenvalue weighted by molar-refractivity contribution is 5.92. The molecule has 3 rings (SSSR count). The molecule has 0 fully saturated rings. The van der Waals surface area contributed by atoms with E-state index in [4.69, 9.17) is 4.98 Å². The van der Waals surface area contributed by atoms with Gasteiger partial charge in [-0.1, -0.05) is 54.1 Å². The minimum Gasteiger partial charge on any atom is -0.256 e. The Morgan fingerprint density at radius 1 is 1.19 bits per heavy atom. The van der Waals surface area contributed by atoms with Gasteiger partial charge in [0.05, 0.1) is 5.69 Å². The normalized spacial score (nSPS) is 18.9. The van der Waals surface area contributed by atoms with E-state index < -0.39 is 0 Å². The van der Waals surface area contributed by atoms with Crippen molar-refractivity contribution in [3.05, 3.63) is 72.1 Å². The number of rotatable bonds is 3. The number of hydrogen-bond acceptors (Lipinski definition) is 1. The third-order valence-corrected chi connectivity index (χ3v) is 4.16. The lowest BCUT2D eigenvalue weighted by Gasteiger charge is -2.23. The molecule has 0 bridgehead atoms. The molecule has 0 radical (unpaired) electrons. The van der Waals surface area contributed by atoms with Gasteiger partial charge in [-0.25, -0.2) is 0 Å². The van der Waals surface area contributed by atoms with Gasteiger partial charge in [0.25, 0.3) is 0 Å². The molecule has 1 atom stereocenters. The minimum atomic E-state index is 0.532. The van der Waals surface area contributed by atoms with E-state index >= 15 is 0 Å². The summed E-state index contributed by atoms with van der Waals surface area (Å²) in [6.45, 7) is 4.30. The maximum Gasteiger partial charge on any atom is 0.0742 e. The van der Waals surface area contributed by atoms with Gasteiger partial charge in [-0.15, -0.1) is 0 Å². The summed E-state index contributed by atoms with van der Waals surface area (Å²) < 4.78 is 0. The number of allylic oxidation sites excluding steroid dienone is 6. The summed E-state index contributed by atoms with van der Waals surface area (Å²) in [5.74, 6) is 0.532. The number of benzene rings is 1. The molecule has 1 aromatic heterocycles. The van der Waals surface area contributed by atoms with E-state index in [-0.39, 0.29) is 0 Å². The third kappa shape index (κ3) is 2.82. The molecule has 1 aliphatic rings. The average Bonchev–Trinajstić information content (AvgIpc) is 2.52. The molecule has 0 saturated heterocycles. The van der Waals surface area contributed by atoms with Gasteiger partial charge in [-0.2, -0.15) is 0 Å². The fourth-order valence-corrected chi connectivity index (χ4v) is 3.07. The predicted octanol–water partition coefficient (Wildman–Crippen LogP) is 5.55. The van der Waals surface area contributed by atoms with E-state index in [2.05, 4.69) is 68.5 Å². The van der Waals surface area contributed by atoms with Crippen molar-refractivity contribution in [2.24, 2.45) is 5.92 Å². The first-order valence-corrected chi connectivity index (χ1v) is 7.62. The summed E-state index contributed by atoms with van der Waals surface area (Å²) in [5.41, 5.74) is 3.97. The largest absolute Gasteiger partial charge is 0.256 e. The van der Waals surface area contributed by atoms with Gasteiger partial charge in [0.2, 0.25) is 0 Å². The summed E-state index contributed by atoms with van der Waals surface area (Å²) in [5, 5.41) is 2.52. The van der Waals surface area contributed by atoms with Crippen LogP contribution in [-0.2, 0) is 0 Å². The molecule has 0 amide bonds. The van der Waals surface area contributed by atoms with Crippen molar-refractivity contribution >= 4 is 16.3 Å². The van der Waals surface area contributed by atoms with E-state index in [1.54, 1.807) is 0 Å². The van der Waals surface area contributed by atoms with Crippen molar-refractivity contribution in [3.63, 3.8) is 0 Å². The maximum atomic E-state index is 4.69. The lowest BCUT2D eigenvalue weighted by Crippen LogP contribution is -2.08. The summed E-state index contributed by atoms with van der Waals surface area (Å²) in [4.78, 5) is 4.69. The first-order chi connectivity index (χ1) is 10.3. The zero-order valence-electron chi connectivity index (χ0n) is 12.7. The highest BCUT2D eigenvalue weighted by Crippen LogP contribution is 2.36. The molecule has 0 saturated carbocycles. The topological polar surface area (TPSA) is 12.9 Å². The van der Waals surface area contributed by atoms with Crippen LogP contribution >= 0.6 is 0 Å². The number of aromatic nitrogens is 1. The van der Waals surface area contributed by atoms with Crippen LogP contribution < -0.4 is 0 Å². The number of nitrogens with zero attached hydrogens (tertiary/aromatic N) is 1. The molecule has 0 spiro atoms. The third-order valence-electron chi connectivity index (χ3n) is 4.16. The predicted molar refractivity (Wildman–Crippen MR) is 91.0 cm³/mol. The van der Waals surface area contributed by atoms with Gasteiger partial charge in [0.1, 0.15) is 0 Å². The molecule has 1 nitrogen and oxygen atoms in total. The van der Waals surface area contributed by atoms with Crippen LogP contribution in [0.1, 0.15) is 32.4 Å². The van der Waals surface area contributed by atoms with E-state index in [0.717, 1.165) is 18.5 Å². The lowest BCUT2D eigenvalue weighted by atomic mass is 9.82. The Morgan fingerprint density at radius 3 is 2.90 bits per heavy atom. The molecule has 21 heavy (non-hydrogen) atoms. The highest BCUT2D eigenvalue weighted by atomic mass is 14.7. The second-order valence-corrected chi connectivity index (χ2v) is 5.72. The molecule has 106 valence electrons. The molecular formula is C20H21N. The van der Waals surface area contributed by atoms with Crippen molar-refractivity contribution < 1.29 is 0 Å². The van der Waals surface area contributed by atoms with Gasteiger partial charge in [-0.05, 0) is 49.6 Å². The Kier molecular flexibility index (Phi) is 4.01. The zero-order valence-corrected chi connectivity index (χ0v) is 12.7. The smallest absolute Gasteiger partial charge is 0.0742 e. The molecule has 1 heterocycles. The Balaban J connectivity index is 2.10. The minimum absolute atomic E-state index is 0.532. The average molecular weight is 275 g/mol. The van der Waals surface area contributed by atoms with Crippen LogP contribution in [-0.4, -0.2) is 4.98 Å². The fraction of sp³-hybridized carbons (Fsp3) is 0.250. The number of pyridine rings is 1. The Hall–Kier alpha value is -2.15. The maximum absolute atomic E-state index is 4.69. The van der Waals surface area contributed by atoms with Crippen LogP contribution in [0.3, 0.4) is 0 Å². The lowest BCUT2D eigenvalue weighted by molar-refractivity contribution is 0.663. The van der Waals surface area contributed by atoms with Gasteiger partial charge in [0.15, 0.2) is 0 Å². The standard InChI is InChI=1S/C20H21N/c1-3-4-7-17-14-15(2)10-11-19(17)20-18-9-6-5-8-16(18)12-13-21-20/h3-6,8-13,17H,7,14H2,1-2H3. The molecule has 1 heteroatoms. The molecule has 0 N–H and O–H groups in total. The number of hydrogen-bond donors (Lipinski definition) is 0. The SMILES string of the molecule is CC=CCC1CC(C)=CC=C1c1nccc2ccccc12. The summed E-state index contributed by atoms with van der Waals surface area (Å²) >= 11 is 0. The number of fused-ring (bicyclic) bond motifs is 1. The zero-order chi connectivity index (χ0) is 14.7. The Morgan fingerprint density at radius 2 is 2.05 bits per heavy atom. The van der Waals surface area contributed by atoms with Gasteiger partial charge < -0.3 is 0 Å². The van der Waals surface area contributed by atoms with E-state index in [0.29, 0.717) is 5.92 Å². The second-order valence-electron chi connectivity index (χ2n) is 5.72. The molecule has 1 unspecified atom stereocenters. The first kappa shape index (κ1) is 13.8. The second kappa shape index (κ2) is 6.09. The first-order valence-electron chi connectivity index (χ1n) is 7.62. The summed E-state index contributed by atoms with van der Waals surface area (Å²) in [6, 6.07) is 10.6. The van der Waals surface area contributed by atoms with Crippen molar-refractivity contribution in [3.8, 4) is 0 Å².